The topological polar surface area (TPSA) is 21.3 Å². The highest BCUT2D eigenvalue weighted by Crippen LogP contribution is 2.39. The molecule has 2 heterocycles. The Kier molecular flexibility index (Phi) is 3.43. The van der Waals surface area contributed by atoms with Gasteiger partial charge in [-0.25, -0.2) is 0 Å². The normalized spacial score (nSPS) is 32.9. The molecule has 2 saturated heterocycles. The van der Waals surface area contributed by atoms with Crippen LogP contribution in [-0.2, 0) is 4.74 Å². The number of hydrogen-bond donors (Lipinski definition) is 1. The van der Waals surface area contributed by atoms with Crippen molar-refractivity contribution in [3.05, 3.63) is 29.8 Å². The van der Waals surface area contributed by atoms with Crippen molar-refractivity contribution in [2.24, 2.45) is 5.92 Å². The Hall–Kier alpha value is -1.02. The van der Waals surface area contributed by atoms with Crippen LogP contribution in [0, 0.1) is 5.92 Å². The van der Waals surface area contributed by atoms with Crippen LogP contribution in [0.15, 0.2) is 24.3 Å². The molecule has 3 atom stereocenters. The van der Waals surface area contributed by atoms with Crippen molar-refractivity contribution in [1.29, 1.82) is 0 Å². The minimum Gasteiger partial charge on any atom is -0.385 e. The van der Waals surface area contributed by atoms with E-state index in [9.17, 15) is 0 Å². The van der Waals surface area contributed by atoms with Crippen molar-refractivity contribution >= 4 is 5.69 Å². The summed E-state index contributed by atoms with van der Waals surface area (Å²) in [6.45, 7) is 1.07. The van der Waals surface area contributed by atoms with Gasteiger partial charge in [0.05, 0.1) is 12.2 Å². The molecule has 2 bridgehead atoms. The molecule has 1 aromatic carbocycles. The molecule has 1 saturated carbocycles. The second kappa shape index (κ2) is 5.40. The Morgan fingerprint density at radius 2 is 1.80 bits per heavy atom. The van der Waals surface area contributed by atoms with Crippen LogP contribution in [0.3, 0.4) is 0 Å². The fourth-order valence-corrected chi connectivity index (χ4v) is 4.34. The SMILES string of the molecule is c1cc(C2CCCC2)ccc1NCC1CC2CCC1O2. The summed E-state index contributed by atoms with van der Waals surface area (Å²) < 4.78 is 5.92. The summed E-state index contributed by atoms with van der Waals surface area (Å²) in [7, 11) is 0. The Morgan fingerprint density at radius 1 is 1.00 bits per heavy atom. The van der Waals surface area contributed by atoms with Crippen LogP contribution in [0.1, 0.15) is 56.4 Å². The van der Waals surface area contributed by atoms with E-state index in [4.69, 9.17) is 4.74 Å². The summed E-state index contributed by atoms with van der Waals surface area (Å²) in [4.78, 5) is 0. The van der Waals surface area contributed by atoms with Crippen molar-refractivity contribution in [2.45, 2.75) is 63.1 Å². The number of rotatable bonds is 4. The quantitative estimate of drug-likeness (QED) is 0.880. The fraction of sp³-hybridized carbons (Fsp3) is 0.667. The number of benzene rings is 1. The number of ether oxygens (including phenoxy) is 1. The molecule has 3 fully saturated rings. The van der Waals surface area contributed by atoms with Crippen LogP contribution in [0.4, 0.5) is 5.69 Å². The average Bonchev–Trinajstić information content (AvgIpc) is 3.22. The van der Waals surface area contributed by atoms with E-state index in [-0.39, 0.29) is 0 Å². The zero-order chi connectivity index (χ0) is 13.4. The Labute approximate surface area is 121 Å². The Balaban J connectivity index is 1.32. The van der Waals surface area contributed by atoms with E-state index in [1.54, 1.807) is 0 Å². The van der Waals surface area contributed by atoms with Gasteiger partial charge in [0.2, 0.25) is 0 Å². The zero-order valence-corrected chi connectivity index (χ0v) is 12.2. The molecule has 108 valence electrons. The van der Waals surface area contributed by atoms with E-state index in [0.717, 1.165) is 18.4 Å². The molecule has 20 heavy (non-hydrogen) atoms. The highest BCUT2D eigenvalue weighted by Gasteiger charge is 2.40. The molecule has 2 heteroatoms. The van der Waals surface area contributed by atoms with Crippen molar-refractivity contribution in [2.75, 3.05) is 11.9 Å². The fourth-order valence-electron chi connectivity index (χ4n) is 4.34. The highest BCUT2D eigenvalue weighted by molar-refractivity contribution is 5.45. The minimum absolute atomic E-state index is 0.533. The third-order valence-corrected chi connectivity index (χ3v) is 5.54. The van der Waals surface area contributed by atoms with Crippen molar-refractivity contribution in [3.8, 4) is 0 Å². The van der Waals surface area contributed by atoms with Gasteiger partial charge in [0.15, 0.2) is 0 Å². The van der Waals surface area contributed by atoms with Gasteiger partial charge in [0.25, 0.3) is 0 Å². The summed E-state index contributed by atoms with van der Waals surface area (Å²) in [5.41, 5.74) is 2.81. The van der Waals surface area contributed by atoms with E-state index in [0.29, 0.717) is 12.2 Å². The summed E-state index contributed by atoms with van der Waals surface area (Å²) in [6.07, 6.45) is 10.5. The molecule has 0 amide bonds. The van der Waals surface area contributed by atoms with Gasteiger partial charge in [-0.3, -0.25) is 0 Å². The molecule has 0 aromatic heterocycles. The van der Waals surface area contributed by atoms with Crippen LogP contribution in [0.5, 0.6) is 0 Å². The largest absolute Gasteiger partial charge is 0.385 e. The lowest BCUT2D eigenvalue weighted by Gasteiger charge is -2.19. The van der Waals surface area contributed by atoms with Crippen LogP contribution < -0.4 is 5.32 Å². The molecular weight excluding hydrogens is 246 g/mol. The van der Waals surface area contributed by atoms with Crippen LogP contribution >= 0.6 is 0 Å². The number of fused-ring (bicyclic) bond motifs is 2. The van der Waals surface area contributed by atoms with Gasteiger partial charge >= 0.3 is 0 Å². The second-order valence-electron chi connectivity index (χ2n) is 6.85. The number of anilines is 1. The molecule has 2 nitrogen and oxygen atoms in total. The monoisotopic (exact) mass is 271 g/mol. The third kappa shape index (κ3) is 2.46. The summed E-state index contributed by atoms with van der Waals surface area (Å²) >= 11 is 0. The maximum Gasteiger partial charge on any atom is 0.0625 e. The molecule has 4 rings (SSSR count). The lowest BCUT2D eigenvalue weighted by Crippen LogP contribution is -2.24. The lowest BCUT2D eigenvalue weighted by atomic mass is 9.89. The Morgan fingerprint density at radius 3 is 2.45 bits per heavy atom. The van der Waals surface area contributed by atoms with E-state index in [1.807, 2.05) is 0 Å². The Bertz CT molecular complexity index is 449. The first-order valence-electron chi connectivity index (χ1n) is 8.38. The molecule has 3 aliphatic rings. The molecule has 3 unspecified atom stereocenters. The van der Waals surface area contributed by atoms with Gasteiger partial charge in [0.1, 0.15) is 0 Å². The summed E-state index contributed by atoms with van der Waals surface area (Å²) in [5.74, 6) is 1.55. The van der Waals surface area contributed by atoms with Crippen LogP contribution in [0.2, 0.25) is 0 Å². The highest BCUT2D eigenvalue weighted by atomic mass is 16.5. The van der Waals surface area contributed by atoms with E-state index < -0.39 is 0 Å². The van der Waals surface area contributed by atoms with Gasteiger partial charge in [0, 0.05) is 18.2 Å². The lowest BCUT2D eigenvalue weighted by molar-refractivity contribution is 0.0941. The van der Waals surface area contributed by atoms with Gasteiger partial charge in [-0.2, -0.15) is 0 Å². The maximum atomic E-state index is 5.92. The molecular formula is C18H25NO. The average molecular weight is 271 g/mol. The first-order chi connectivity index (χ1) is 9.88. The van der Waals surface area contributed by atoms with Gasteiger partial charge in [-0.05, 0) is 55.7 Å². The van der Waals surface area contributed by atoms with Crippen LogP contribution in [0.25, 0.3) is 0 Å². The zero-order valence-electron chi connectivity index (χ0n) is 12.2. The standard InChI is InChI=1S/C18H25NO/c1-2-4-13(3-1)14-5-7-16(8-6-14)19-12-15-11-17-9-10-18(15)20-17/h5-8,13,15,17-19H,1-4,9-12H2. The predicted molar refractivity (Wildman–Crippen MR) is 82.1 cm³/mol. The first-order valence-corrected chi connectivity index (χ1v) is 8.38. The predicted octanol–water partition coefficient (Wildman–Crippen LogP) is 4.32. The third-order valence-electron chi connectivity index (χ3n) is 5.54. The van der Waals surface area contributed by atoms with Crippen molar-refractivity contribution in [3.63, 3.8) is 0 Å². The molecule has 0 spiro atoms. The summed E-state index contributed by atoms with van der Waals surface area (Å²) in [5, 5.41) is 3.61. The smallest absolute Gasteiger partial charge is 0.0625 e. The van der Waals surface area contributed by atoms with E-state index in [2.05, 4.69) is 29.6 Å². The van der Waals surface area contributed by atoms with Crippen LogP contribution in [-0.4, -0.2) is 18.8 Å². The van der Waals surface area contributed by atoms with Gasteiger partial charge in [-0.15, -0.1) is 0 Å². The molecule has 2 aliphatic heterocycles. The van der Waals surface area contributed by atoms with E-state index >= 15 is 0 Å². The minimum atomic E-state index is 0.533. The van der Waals surface area contributed by atoms with Crippen molar-refractivity contribution < 1.29 is 4.74 Å². The number of nitrogens with one attached hydrogen (secondary N) is 1. The molecule has 1 aliphatic carbocycles. The first kappa shape index (κ1) is 12.7. The van der Waals surface area contributed by atoms with Crippen molar-refractivity contribution in [1.82, 2.24) is 0 Å². The van der Waals surface area contributed by atoms with Gasteiger partial charge < -0.3 is 10.1 Å². The second-order valence-corrected chi connectivity index (χ2v) is 6.85. The molecule has 0 radical (unpaired) electrons. The summed E-state index contributed by atoms with van der Waals surface area (Å²) in [6, 6.07) is 9.19. The number of hydrogen-bond acceptors (Lipinski definition) is 2. The molecule has 1 N–H and O–H groups in total. The van der Waals surface area contributed by atoms with Gasteiger partial charge in [-0.1, -0.05) is 25.0 Å². The maximum absolute atomic E-state index is 5.92. The van der Waals surface area contributed by atoms with E-state index in [1.165, 1.54) is 56.2 Å². The molecule has 1 aromatic rings.